The number of anilines is 2. The third kappa shape index (κ3) is 5.87. The predicted octanol–water partition coefficient (Wildman–Crippen LogP) is 7.58. The van der Waals surface area contributed by atoms with Gasteiger partial charge in [-0.1, -0.05) is 66.2 Å². The number of fused-ring (bicyclic) bond motifs is 3. The highest BCUT2D eigenvalue weighted by Gasteiger charge is 2.20. The van der Waals surface area contributed by atoms with Gasteiger partial charge in [-0.05, 0) is 70.6 Å². The maximum atomic E-state index is 12.5. The maximum Gasteiger partial charge on any atom is 0.305 e. The fourth-order valence-corrected chi connectivity index (χ4v) is 6.05. The Hall–Kier alpha value is -4.46. The lowest BCUT2D eigenvalue weighted by molar-refractivity contribution is -0.136. The van der Waals surface area contributed by atoms with Gasteiger partial charge in [0.05, 0.1) is 18.7 Å². The number of amides is 1. The van der Waals surface area contributed by atoms with Crippen LogP contribution >= 0.6 is 22.9 Å². The average molecular weight is 580 g/mol. The van der Waals surface area contributed by atoms with E-state index in [-0.39, 0.29) is 18.9 Å². The highest BCUT2D eigenvalue weighted by Crippen LogP contribution is 2.38. The van der Waals surface area contributed by atoms with E-state index in [0.29, 0.717) is 17.1 Å². The minimum absolute atomic E-state index is 0.0802. The number of carboxylic acids is 1. The summed E-state index contributed by atoms with van der Waals surface area (Å²) in [5, 5.41) is 15.0. The van der Waals surface area contributed by atoms with Gasteiger partial charge in [0.25, 0.3) is 5.91 Å². The molecule has 0 fully saturated rings. The lowest BCUT2D eigenvalue weighted by atomic mass is 10.0. The van der Waals surface area contributed by atoms with Crippen molar-refractivity contribution in [3.8, 4) is 22.4 Å². The second-order valence-corrected chi connectivity index (χ2v) is 11.2. The SMILES string of the molecule is O=C(O)CCNC(=O)c1ccc(N(Cc2ccc3c(c2)Cc2ccccc2-3)c2nc(-c3ccc(Cl)cc3)cs2)cc1. The van der Waals surface area contributed by atoms with Gasteiger partial charge in [-0.2, -0.15) is 0 Å². The Balaban J connectivity index is 1.29. The largest absolute Gasteiger partial charge is 0.481 e. The van der Waals surface area contributed by atoms with Crippen LogP contribution in [0.5, 0.6) is 0 Å². The zero-order valence-corrected chi connectivity index (χ0v) is 23.6. The maximum absolute atomic E-state index is 12.5. The molecule has 6 nitrogen and oxygen atoms in total. The van der Waals surface area contributed by atoms with E-state index in [9.17, 15) is 9.59 Å². The van der Waals surface area contributed by atoms with Crippen LogP contribution in [-0.4, -0.2) is 28.5 Å². The summed E-state index contributed by atoms with van der Waals surface area (Å²) in [5.74, 6) is -1.25. The van der Waals surface area contributed by atoms with E-state index >= 15 is 0 Å². The number of carboxylic acid groups (broad SMARTS) is 1. The average Bonchev–Trinajstić information content (AvgIpc) is 3.61. The first-order valence-electron chi connectivity index (χ1n) is 13.2. The first-order chi connectivity index (χ1) is 19.9. The summed E-state index contributed by atoms with van der Waals surface area (Å²) >= 11 is 7.65. The van der Waals surface area contributed by atoms with Gasteiger partial charge in [0.2, 0.25) is 0 Å². The van der Waals surface area contributed by atoms with Crippen LogP contribution in [0.1, 0.15) is 33.5 Å². The van der Waals surface area contributed by atoms with Crippen LogP contribution in [0.15, 0.2) is 96.4 Å². The molecule has 1 aliphatic carbocycles. The molecule has 41 heavy (non-hydrogen) atoms. The number of hydrogen-bond acceptors (Lipinski definition) is 5. The number of hydrogen-bond donors (Lipinski definition) is 2. The smallest absolute Gasteiger partial charge is 0.305 e. The highest BCUT2D eigenvalue weighted by molar-refractivity contribution is 7.14. The number of benzene rings is 4. The molecule has 0 aliphatic heterocycles. The van der Waals surface area contributed by atoms with E-state index < -0.39 is 5.97 Å². The van der Waals surface area contributed by atoms with Crippen molar-refractivity contribution in [1.82, 2.24) is 10.3 Å². The quantitative estimate of drug-likeness (QED) is 0.184. The Labute approximate surface area is 246 Å². The van der Waals surface area contributed by atoms with Crippen molar-refractivity contribution in [1.29, 1.82) is 0 Å². The van der Waals surface area contributed by atoms with Crippen LogP contribution < -0.4 is 10.2 Å². The number of aliphatic carboxylic acids is 1. The van der Waals surface area contributed by atoms with Crippen LogP contribution in [0.25, 0.3) is 22.4 Å². The third-order valence-electron chi connectivity index (χ3n) is 7.13. The molecule has 1 aromatic heterocycles. The van der Waals surface area contributed by atoms with Gasteiger partial charge >= 0.3 is 5.97 Å². The molecular formula is C33H26ClN3O3S. The standard InChI is InChI=1S/C33H26ClN3O3S/c34-26-10-6-22(7-11-26)30-20-41-33(36-30)37(27-12-8-23(9-13-27)32(40)35-16-15-31(38)39)19-21-5-14-29-25(17-21)18-24-3-1-2-4-28(24)29/h1-14,17,20H,15-16,18-19H2,(H,35,40)(H,38,39). The van der Waals surface area contributed by atoms with E-state index in [0.717, 1.165) is 34.1 Å². The number of carbonyl (C=O) groups is 2. The minimum Gasteiger partial charge on any atom is -0.481 e. The Morgan fingerprint density at radius 1 is 0.927 bits per heavy atom. The zero-order chi connectivity index (χ0) is 28.3. The summed E-state index contributed by atoms with van der Waals surface area (Å²) in [5.41, 5.74) is 9.63. The summed E-state index contributed by atoms with van der Waals surface area (Å²) in [6, 6.07) is 30.1. The Morgan fingerprint density at radius 2 is 1.68 bits per heavy atom. The summed E-state index contributed by atoms with van der Waals surface area (Å²) in [4.78, 5) is 30.4. The van der Waals surface area contributed by atoms with Gasteiger partial charge in [-0.25, -0.2) is 4.98 Å². The van der Waals surface area contributed by atoms with Crippen molar-refractivity contribution in [2.24, 2.45) is 0 Å². The Morgan fingerprint density at radius 3 is 2.46 bits per heavy atom. The molecule has 1 aliphatic rings. The predicted molar refractivity (Wildman–Crippen MR) is 164 cm³/mol. The summed E-state index contributed by atoms with van der Waals surface area (Å²) in [6.07, 6.45) is 0.798. The number of nitrogens with one attached hydrogen (secondary N) is 1. The van der Waals surface area contributed by atoms with Crippen molar-refractivity contribution in [2.75, 3.05) is 11.4 Å². The fraction of sp³-hybridized carbons (Fsp3) is 0.121. The molecular weight excluding hydrogens is 554 g/mol. The van der Waals surface area contributed by atoms with E-state index in [1.54, 1.807) is 23.5 Å². The fourth-order valence-electron chi connectivity index (χ4n) is 5.07. The van der Waals surface area contributed by atoms with Gasteiger partial charge in [-0.15, -0.1) is 11.3 Å². The van der Waals surface area contributed by atoms with Crippen LogP contribution in [0.2, 0.25) is 5.02 Å². The van der Waals surface area contributed by atoms with Crippen molar-refractivity contribution >= 4 is 45.6 Å². The number of thiazole rings is 1. The number of carbonyl (C=O) groups excluding carboxylic acids is 1. The molecule has 0 atom stereocenters. The number of rotatable bonds is 9. The molecule has 8 heteroatoms. The monoisotopic (exact) mass is 579 g/mol. The van der Waals surface area contributed by atoms with Crippen molar-refractivity contribution in [3.63, 3.8) is 0 Å². The number of aromatic nitrogens is 1. The van der Waals surface area contributed by atoms with Crippen LogP contribution in [0.4, 0.5) is 10.8 Å². The Kier molecular flexibility index (Phi) is 7.55. The minimum atomic E-state index is -0.951. The lowest BCUT2D eigenvalue weighted by Gasteiger charge is -2.23. The van der Waals surface area contributed by atoms with Crippen LogP contribution in [0, 0.1) is 0 Å². The molecule has 0 saturated carbocycles. The normalized spacial score (nSPS) is 11.5. The molecule has 2 N–H and O–H groups in total. The molecule has 4 aromatic carbocycles. The molecule has 204 valence electrons. The van der Waals surface area contributed by atoms with Gasteiger partial charge < -0.3 is 15.3 Å². The van der Waals surface area contributed by atoms with E-state index in [1.807, 2.05) is 41.8 Å². The number of nitrogens with zero attached hydrogens (tertiary/aromatic N) is 2. The van der Waals surface area contributed by atoms with E-state index in [4.69, 9.17) is 21.7 Å². The molecule has 0 saturated heterocycles. The summed E-state index contributed by atoms with van der Waals surface area (Å²) < 4.78 is 0. The van der Waals surface area contributed by atoms with E-state index in [1.165, 1.54) is 22.3 Å². The lowest BCUT2D eigenvalue weighted by Crippen LogP contribution is -2.26. The van der Waals surface area contributed by atoms with Gasteiger partial charge in [0.15, 0.2) is 5.13 Å². The molecule has 0 spiro atoms. The van der Waals surface area contributed by atoms with Gasteiger partial charge in [0.1, 0.15) is 0 Å². The van der Waals surface area contributed by atoms with Gasteiger partial charge in [0, 0.05) is 33.8 Å². The molecule has 1 amide bonds. The van der Waals surface area contributed by atoms with Crippen molar-refractivity contribution < 1.29 is 14.7 Å². The van der Waals surface area contributed by atoms with Crippen molar-refractivity contribution in [2.45, 2.75) is 19.4 Å². The molecule has 0 radical (unpaired) electrons. The van der Waals surface area contributed by atoms with Crippen molar-refractivity contribution in [3.05, 3.63) is 124 Å². The molecule has 0 bridgehead atoms. The first-order valence-corrected chi connectivity index (χ1v) is 14.5. The molecule has 0 unspecified atom stereocenters. The molecule has 6 rings (SSSR count). The first kappa shape index (κ1) is 26.7. The van der Waals surface area contributed by atoms with Crippen LogP contribution in [0.3, 0.4) is 0 Å². The van der Waals surface area contributed by atoms with Gasteiger partial charge in [-0.3, -0.25) is 9.59 Å². The summed E-state index contributed by atoms with van der Waals surface area (Å²) in [7, 11) is 0. The van der Waals surface area contributed by atoms with Crippen LogP contribution in [-0.2, 0) is 17.8 Å². The second kappa shape index (κ2) is 11.6. The topological polar surface area (TPSA) is 82.5 Å². The molecule has 5 aromatic rings. The number of halogens is 1. The zero-order valence-electron chi connectivity index (χ0n) is 22.0. The Bertz CT molecular complexity index is 1730. The second-order valence-electron chi connectivity index (χ2n) is 9.88. The third-order valence-corrected chi connectivity index (χ3v) is 8.24. The highest BCUT2D eigenvalue weighted by atomic mass is 35.5. The molecule has 1 heterocycles. The van der Waals surface area contributed by atoms with E-state index in [2.05, 4.69) is 52.7 Å². The summed E-state index contributed by atoms with van der Waals surface area (Å²) in [6.45, 7) is 0.679.